The molecular formula is C44H51N5O6S. The molecule has 11 nitrogen and oxygen atoms in total. The van der Waals surface area contributed by atoms with Crippen molar-refractivity contribution < 1.29 is 24.5 Å². The third-order valence-electron chi connectivity index (χ3n) is 11.1. The van der Waals surface area contributed by atoms with Crippen LogP contribution in [0.1, 0.15) is 75.0 Å². The van der Waals surface area contributed by atoms with Crippen molar-refractivity contribution in [3.63, 3.8) is 0 Å². The molecule has 294 valence electrons. The van der Waals surface area contributed by atoms with Gasteiger partial charge in [0.1, 0.15) is 11.3 Å². The van der Waals surface area contributed by atoms with Crippen LogP contribution in [0.2, 0.25) is 0 Å². The summed E-state index contributed by atoms with van der Waals surface area (Å²) in [6.07, 6.45) is 4.16. The van der Waals surface area contributed by atoms with Crippen molar-refractivity contribution in [2.45, 2.75) is 63.3 Å². The van der Waals surface area contributed by atoms with E-state index >= 15 is 0 Å². The molecular weight excluding hydrogens is 727 g/mol. The van der Waals surface area contributed by atoms with Crippen molar-refractivity contribution in [1.82, 2.24) is 25.8 Å². The van der Waals surface area contributed by atoms with E-state index in [0.29, 0.717) is 66.5 Å². The number of aromatic nitrogens is 1. The SMILES string of the molecule is O=C(NCCCCNC[C@H](O)c1ccc(O)c2[nH]c(=O)ccc12)c1ccc(CNC2(C(=O)OCC3CCN(Cc4ccccc4)CC3)CCc3ccccc32)s1. The molecule has 7 rings (SSSR count). The molecule has 3 aromatic carbocycles. The van der Waals surface area contributed by atoms with Crippen LogP contribution >= 0.6 is 11.3 Å². The van der Waals surface area contributed by atoms with Crippen LogP contribution in [0.3, 0.4) is 0 Å². The van der Waals surface area contributed by atoms with E-state index < -0.39 is 11.6 Å². The highest BCUT2D eigenvalue weighted by molar-refractivity contribution is 7.14. The van der Waals surface area contributed by atoms with Gasteiger partial charge < -0.3 is 30.6 Å². The minimum absolute atomic E-state index is 0.0445. The van der Waals surface area contributed by atoms with E-state index in [1.165, 1.54) is 29.0 Å². The van der Waals surface area contributed by atoms with Crippen LogP contribution in [0.5, 0.6) is 5.75 Å². The topological polar surface area (TPSA) is 156 Å². The number of unbranched alkanes of at least 4 members (excludes halogenated alkanes) is 1. The number of carbonyl (C=O) groups excluding carboxylic acids is 2. The summed E-state index contributed by atoms with van der Waals surface area (Å²) < 4.78 is 6.13. The number of aliphatic hydroxyl groups excluding tert-OH is 1. The van der Waals surface area contributed by atoms with Gasteiger partial charge in [-0.05, 0) is 111 Å². The predicted octanol–water partition coefficient (Wildman–Crippen LogP) is 5.52. The average Bonchev–Trinajstić information content (AvgIpc) is 3.86. The summed E-state index contributed by atoms with van der Waals surface area (Å²) in [7, 11) is 0. The number of aromatic hydroxyl groups is 1. The lowest BCUT2D eigenvalue weighted by molar-refractivity contribution is -0.154. The van der Waals surface area contributed by atoms with Gasteiger partial charge in [0.15, 0.2) is 0 Å². The number of aromatic amines is 1. The molecule has 1 unspecified atom stereocenters. The maximum Gasteiger partial charge on any atom is 0.331 e. The third kappa shape index (κ3) is 9.39. The summed E-state index contributed by atoms with van der Waals surface area (Å²) in [6, 6.07) is 28.5. The zero-order valence-electron chi connectivity index (χ0n) is 31.6. The Bertz CT molecular complexity index is 2160. The van der Waals surface area contributed by atoms with Gasteiger partial charge in [-0.15, -0.1) is 11.3 Å². The molecule has 2 aliphatic rings. The normalized spacial score (nSPS) is 17.8. The van der Waals surface area contributed by atoms with Crippen molar-refractivity contribution in [1.29, 1.82) is 0 Å². The summed E-state index contributed by atoms with van der Waals surface area (Å²) in [5.41, 5.74) is 3.13. The van der Waals surface area contributed by atoms with Crippen LogP contribution in [0.4, 0.5) is 0 Å². The summed E-state index contributed by atoms with van der Waals surface area (Å²) in [6.45, 7) is 5.26. The smallest absolute Gasteiger partial charge is 0.331 e. The van der Waals surface area contributed by atoms with E-state index in [-0.39, 0.29) is 23.2 Å². The Morgan fingerprint density at radius 3 is 2.57 bits per heavy atom. The van der Waals surface area contributed by atoms with E-state index in [9.17, 15) is 24.6 Å². The number of likely N-dealkylation sites (tertiary alicyclic amines) is 1. The van der Waals surface area contributed by atoms with Gasteiger partial charge >= 0.3 is 5.97 Å². The highest BCUT2D eigenvalue weighted by Gasteiger charge is 2.46. The Morgan fingerprint density at radius 1 is 0.946 bits per heavy atom. The maximum absolute atomic E-state index is 14.0. The Labute approximate surface area is 331 Å². The van der Waals surface area contributed by atoms with Gasteiger partial charge in [0, 0.05) is 42.5 Å². The Morgan fingerprint density at radius 2 is 1.73 bits per heavy atom. The zero-order valence-corrected chi connectivity index (χ0v) is 32.4. The van der Waals surface area contributed by atoms with Crippen LogP contribution in [0.15, 0.2) is 95.8 Å². The molecule has 2 atom stereocenters. The van der Waals surface area contributed by atoms with Crippen molar-refractivity contribution in [2.75, 3.05) is 39.3 Å². The number of esters is 1. The van der Waals surface area contributed by atoms with Gasteiger partial charge in [-0.1, -0.05) is 60.7 Å². The second-order valence-electron chi connectivity index (χ2n) is 15.0. The fraction of sp³-hybridized carbons (Fsp3) is 0.386. The highest BCUT2D eigenvalue weighted by atomic mass is 32.1. The van der Waals surface area contributed by atoms with Crippen molar-refractivity contribution in [3.05, 3.63) is 133 Å². The number of amides is 1. The molecule has 2 aromatic heterocycles. The second-order valence-corrected chi connectivity index (χ2v) is 16.1. The van der Waals surface area contributed by atoms with E-state index in [1.807, 2.05) is 36.4 Å². The number of H-pyrrole nitrogens is 1. The van der Waals surface area contributed by atoms with Gasteiger partial charge in [0.25, 0.3) is 5.91 Å². The number of nitrogens with zero attached hydrogens (tertiary/aromatic N) is 1. The summed E-state index contributed by atoms with van der Waals surface area (Å²) in [5, 5.41) is 31.3. The molecule has 12 heteroatoms. The lowest BCUT2D eigenvalue weighted by Crippen LogP contribution is -2.48. The Kier molecular flexibility index (Phi) is 12.9. The first-order chi connectivity index (χ1) is 27.3. The molecule has 3 heterocycles. The monoisotopic (exact) mass is 777 g/mol. The first-order valence-corrected chi connectivity index (χ1v) is 20.5. The number of aryl methyl sites for hydroxylation is 1. The van der Waals surface area contributed by atoms with Crippen LogP contribution in [-0.4, -0.2) is 71.3 Å². The van der Waals surface area contributed by atoms with E-state index in [4.69, 9.17) is 4.74 Å². The van der Waals surface area contributed by atoms with E-state index in [0.717, 1.165) is 67.7 Å². The number of rotatable bonds is 17. The summed E-state index contributed by atoms with van der Waals surface area (Å²) in [5.74, 6) is -0.0530. The molecule has 1 fully saturated rings. The number of thiophene rings is 1. The number of aliphatic hydroxyl groups is 1. The molecule has 6 N–H and O–H groups in total. The van der Waals surface area contributed by atoms with Gasteiger partial charge in [0.2, 0.25) is 5.56 Å². The van der Waals surface area contributed by atoms with Crippen molar-refractivity contribution in [2.24, 2.45) is 5.92 Å². The first kappa shape index (κ1) is 39.4. The number of ether oxygens (including phenoxy) is 1. The molecule has 5 aromatic rings. The fourth-order valence-electron chi connectivity index (χ4n) is 7.94. The number of fused-ring (bicyclic) bond motifs is 2. The number of pyridine rings is 1. The standard InChI is InChI=1S/C44H51N5O6S/c50-37-15-13-34(35-14-17-40(52)48-41(35)37)38(51)27-45-22-6-7-23-46-42(53)39-16-12-33(56-39)26-47-44(21-18-32-10-4-5-11-36(32)44)43(54)55-29-31-19-24-49(25-20-31)28-30-8-2-1-3-9-30/h1-5,8-17,31,38,45,47,50-51H,6-7,18-29H2,(H,46,53)(H,48,52)/t38-,44?/m0/s1. The molecule has 1 saturated heterocycles. The molecule has 1 amide bonds. The number of phenols is 1. The number of hydrogen-bond acceptors (Lipinski definition) is 10. The van der Waals surface area contributed by atoms with E-state index in [2.05, 4.69) is 56.2 Å². The number of carbonyl (C=O) groups is 2. The van der Waals surface area contributed by atoms with Crippen LogP contribution in [-0.2, 0) is 34.6 Å². The number of benzene rings is 3. The zero-order chi connectivity index (χ0) is 38.9. The minimum Gasteiger partial charge on any atom is -0.506 e. The molecule has 1 aliphatic heterocycles. The quantitative estimate of drug-likeness (QED) is 0.0530. The lowest BCUT2D eigenvalue weighted by atomic mass is 9.91. The Balaban J connectivity index is 0.846. The molecule has 1 aliphatic carbocycles. The predicted molar refractivity (Wildman–Crippen MR) is 219 cm³/mol. The fourth-order valence-corrected chi connectivity index (χ4v) is 8.81. The third-order valence-corrected chi connectivity index (χ3v) is 12.2. The largest absolute Gasteiger partial charge is 0.506 e. The number of nitrogens with one attached hydrogen (secondary N) is 4. The minimum atomic E-state index is -0.931. The van der Waals surface area contributed by atoms with Gasteiger partial charge in [-0.25, -0.2) is 4.79 Å². The van der Waals surface area contributed by atoms with Crippen LogP contribution in [0, 0.1) is 5.92 Å². The lowest BCUT2D eigenvalue weighted by Gasteiger charge is -2.33. The molecule has 0 bridgehead atoms. The second kappa shape index (κ2) is 18.4. The summed E-state index contributed by atoms with van der Waals surface area (Å²) in [4.78, 5) is 45.4. The molecule has 56 heavy (non-hydrogen) atoms. The molecule has 0 spiro atoms. The first-order valence-electron chi connectivity index (χ1n) is 19.7. The van der Waals surface area contributed by atoms with Gasteiger partial charge in [-0.2, -0.15) is 0 Å². The van der Waals surface area contributed by atoms with Crippen LogP contribution < -0.4 is 21.5 Å². The van der Waals surface area contributed by atoms with Crippen LogP contribution in [0.25, 0.3) is 10.9 Å². The van der Waals surface area contributed by atoms with Crippen molar-refractivity contribution >= 4 is 34.1 Å². The van der Waals surface area contributed by atoms with Crippen molar-refractivity contribution in [3.8, 4) is 5.75 Å². The van der Waals surface area contributed by atoms with Gasteiger partial charge in [0.05, 0.1) is 23.1 Å². The highest BCUT2D eigenvalue weighted by Crippen LogP contribution is 2.39. The average molecular weight is 778 g/mol. The number of hydrogen-bond donors (Lipinski definition) is 6. The maximum atomic E-state index is 14.0. The molecule has 0 radical (unpaired) electrons. The summed E-state index contributed by atoms with van der Waals surface area (Å²) >= 11 is 1.42. The van der Waals surface area contributed by atoms with Gasteiger partial charge in [-0.3, -0.25) is 19.8 Å². The Hall–Kier alpha value is -4.85. The number of phenolic OH excluding ortho intramolecular Hbond substituents is 1. The molecule has 0 saturated carbocycles. The number of piperidine rings is 1. The van der Waals surface area contributed by atoms with E-state index in [1.54, 1.807) is 12.1 Å².